The maximum absolute atomic E-state index is 5.34. The van der Waals surface area contributed by atoms with Crippen LogP contribution in [-0.2, 0) is 4.74 Å². The molecule has 0 aromatic carbocycles. The molecule has 0 N–H and O–H groups in total. The molecule has 1 aliphatic heterocycles. The Hall–Kier alpha value is -0.560. The average Bonchev–Trinajstić information content (AvgIpc) is 2.46. The summed E-state index contributed by atoms with van der Waals surface area (Å²) in [5, 5.41) is 0. The van der Waals surface area contributed by atoms with Crippen molar-refractivity contribution in [2.24, 2.45) is 0 Å². The highest BCUT2D eigenvalue weighted by Crippen LogP contribution is 2.04. The number of hydrogen-bond acceptors (Lipinski definition) is 3. The molecule has 1 radical (unpaired) electrons. The molecule has 19 heavy (non-hydrogen) atoms. The van der Waals surface area contributed by atoms with Crippen LogP contribution in [-0.4, -0.2) is 62.8 Å². The normalized spacial score (nSPS) is 16.4. The summed E-state index contributed by atoms with van der Waals surface area (Å²) in [7, 11) is 2.10. The molecule has 0 atom stereocenters. The number of ether oxygens (including phenoxy) is 1. The van der Waals surface area contributed by atoms with Crippen LogP contribution in [0, 0.1) is 18.3 Å². The highest BCUT2D eigenvalue weighted by atomic mass is 16.5. The summed E-state index contributed by atoms with van der Waals surface area (Å²) in [5.74, 6) is 6.45. The highest BCUT2D eigenvalue weighted by molar-refractivity contribution is 5.01. The lowest BCUT2D eigenvalue weighted by molar-refractivity contribution is 0.0374. The van der Waals surface area contributed by atoms with Gasteiger partial charge in [0.1, 0.15) is 0 Å². The largest absolute Gasteiger partial charge is 0.379 e. The number of unbranched alkanes of at least 4 members (excludes halogenated alkanes) is 4. The zero-order chi connectivity index (χ0) is 13.8. The van der Waals surface area contributed by atoms with Crippen LogP contribution < -0.4 is 0 Å². The summed E-state index contributed by atoms with van der Waals surface area (Å²) in [4.78, 5) is 4.72. The maximum atomic E-state index is 5.34. The Morgan fingerprint density at radius 2 is 2.00 bits per heavy atom. The zero-order valence-electron chi connectivity index (χ0n) is 12.7. The first-order chi connectivity index (χ1) is 9.33. The average molecular weight is 265 g/mol. The molecule has 0 spiro atoms. The summed E-state index contributed by atoms with van der Waals surface area (Å²) in [5.41, 5.74) is 0. The third-order valence-electron chi connectivity index (χ3n) is 3.47. The molecule has 109 valence electrons. The van der Waals surface area contributed by atoms with Gasteiger partial charge < -0.3 is 4.74 Å². The van der Waals surface area contributed by atoms with Gasteiger partial charge in [-0.1, -0.05) is 12.8 Å². The summed E-state index contributed by atoms with van der Waals surface area (Å²) < 4.78 is 5.34. The van der Waals surface area contributed by atoms with Crippen LogP contribution in [0.4, 0.5) is 0 Å². The van der Waals surface area contributed by atoms with Crippen molar-refractivity contribution in [2.75, 3.05) is 53.0 Å². The monoisotopic (exact) mass is 265 g/mol. The van der Waals surface area contributed by atoms with Crippen LogP contribution >= 0.6 is 0 Å². The van der Waals surface area contributed by atoms with E-state index in [1.807, 2.05) is 0 Å². The minimum absolute atomic E-state index is 0.896. The van der Waals surface area contributed by atoms with Gasteiger partial charge in [-0.25, -0.2) is 0 Å². The quantitative estimate of drug-likeness (QED) is 0.493. The molecule has 3 heteroatoms. The molecule has 0 unspecified atom stereocenters. The minimum atomic E-state index is 0.896. The highest BCUT2D eigenvalue weighted by Gasteiger charge is 2.08. The second-order valence-corrected chi connectivity index (χ2v) is 5.11. The molecule has 0 bridgehead atoms. The number of hydrogen-bond donors (Lipinski definition) is 0. The van der Waals surface area contributed by atoms with E-state index >= 15 is 0 Å². The molecule has 0 amide bonds. The van der Waals surface area contributed by atoms with Crippen molar-refractivity contribution in [2.45, 2.75) is 32.6 Å². The lowest BCUT2D eigenvalue weighted by Gasteiger charge is -2.26. The van der Waals surface area contributed by atoms with Crippen molar-refractivity contribution < 1.29 is 4.74 Å². The van der Waals surface area contributed by atoms with Crippen LogP contribution in [0.2, 0.25) is 0 Å². The Kier molecular flexibility index (Phi) is 9.79. The molecular weight excluding hydrogens is 236 g/mol. The summed E-state index contributed by atoms with van der Waals surface area (Å²) in [6.07, 6.45) is 7.01. The van der Waals surface area contributed by atoms with Gasteiger partial charge in [-0.05, 0) is 45.8 Å². The van der Waals surface area contributed by atoms with Crippen molar-refractivity contribution in [1.82, 2.24) is 9.80 Å². The van der Waals surface area contributed by atoms with E-state index < -0.39 is 0 Å². The first-order valence-electron chi connectivity index (χ1n) is 7.59. The third-order valence-corrected chi connectivity index (χ3v) is 3.47. The number of morpholine rings is 1. The fourth-order valence-electron chi connectivity index (χ4n) is 1.99. The van der Waals surface area contributed by atoms with Crippen LogP contribution in [0.15, 0.2) is 0 Å². The molecule has 3 nitrogen and oxygen atoms in total. The Morgan fingerprint density at radius 3 is 2.74 bits per heavy atom. The van der Waals surface area contributed by atoms with E-state index in [0.29, 0.717) is 0 Å². The molecule has 1 saturated heterocycles. The van der Waals surface area contributed by atoms with E-state index in [4.69, 9.17) is 4.74 Å². The summed E-state index contributed by atoms with van der Waals surface area (Å²) in [6, 6.07) is 0. The summed E-state index contributed by atoms with van der Waals surface area (Å²) >= 11 is 0. The third kappa shape index (κ3) is 9.04. The molecule has 0 saturated carbocycles. The molecule has 1 heterocycles. The Balaban J connectivity index is 1.85. The van der Waals surface area contributed by atoms with E-state index in [1.165, 1.54) is 19.4 Å². The topological polar surface area (TPSA) is 15.7 Å². The first-order valence-corrected chi connectivity index (χ1v) is 7.59. The second kappa shape index (κ2) is 11.3. The van der Waals surface area contributed by atoms with Gasteiger partial charge in [-0.3, -0.25) is 9.80 Å². The van der Waals surface area contributed by atoms with Gasteiger partial charge in [0.05, 0.1) is 19.8 Å². The molecule has 0 aliphatic carbocycles. The summed E-state index contributed by atoms with van der Waals surface area (Å²) in [6.45, 7) is 9.37. The molecule has 0 aromatic heterocycles. The van der Waals surface area contributed by atoms with E-state index in [9.17, 15) is 0 Å². The zero-order valence-corrected chi connectivity index (χ0v) is 12.7. The van der Waals surface area contributed by atoms with Crippen molar-refractivity contribution in [1.29, 1.82) is 0 Å². The van der Waals surface area contributed by atoms with Gasteiger partial charge >= 0.3 is 0 Å². The fraction of sp³-hybridized carbons (Fsp3) is 0.812. The van der Waals surface area contributed by atoms with Crippen LogP contribution in [0.1, 0.15) is 32.6 Å². The van der Waals surface area contributed by atoms with Crippen LogP contribution in [0.3, 0.4) is 0 Å². The molecule has 1 fully saturated rings. The fourth-order valence-corrected chi connectivity index (χ4v) is 1.99. The van der Waals surface area contributed by atoms with E-state index in [2.05, 4.69) is 42.0 Å². The molecular formula is C16H29N2O. The van der Waals surface area contributed by atoms with Gasteiger partial charge in [-0.15, -0.1) is 5.92 Å². The van der Waals surface area contributed by atoms with Gasteiger partial charge in [-0.2, -0.15) is 0 Å². The Bertz CT molecular complexity index is 264. The van der Waals surface area contributed by atoms with Gasteiger partial charge in [0.15, 0.2) is 0 Å². The van der Waals surface area contributed by atoms with E-state index in [0.717, 1.165) is 52.2 Å². The lowest BCUT2D eigenvalue weighted by Crippen LogP contribution is -2.36. The van der Waals surface area contributed by atoms with Gasteiger partial charge in [0.25, 0.3) is 0 Å². The van der Waals surface area contributed by atoms with Crippen molar-refractivity contribution in [3.8, 4) is 11.8 Å². The van der Waals surface area contributed by atoms with Crippen molar-refractivity contribution >= 4 is 0 Å². The molecule has 1 aliphatic rings. The van der Waals surface area contributed by atoms with Crippen molar-refractivity contribution in [3.63, 3.8) is 0 Å². The number of rotatable bonds is 8. The molecule has 0 aromatic rings. The smallest absolute Gasteiger partial charge is 0.0598 e. The number of nitrogens with zero attached hydrogens (tertiary/aromatic N) is 2. The van der Waals surface area contributed by atoms with Crippen LogP contribution in [0.25, 0.3) is 0 Å². The lowest BCUT2D eigenvalue weighted by atomic mass is 10.1. The van der Waals surface area contributed by atoms with Gasteiger partial charge in [0, 0.05) is 19.5 Å². The SMILES string of the molecule is CCN(C)CC#CCC[CH]CCCN1CCOCC1. The second-order valence-electron chi connectivity index (χ2n) is 5.11. The standard InChI is InChI=1S/C16H29N2O/c1-3-17(2)11-9-7-5-4-6-8-10-12-18-13-15-19-16-14-18/h6H,3-5,8,10-16H2,1-2H3. The van der Waals surface area contributed by atoms with E-state index in [-0.39, 0.29) is 0 Å². The van der Waals surface area contributed by atoms with Crippen LogP contribution in [0.5, 0.6) is 0 Å². The van der Waals surface area contributed by atoms with E-state index in [1.54, 1.807) is 0 Å². The maximum Gasteiger partial charge on any atom is 0.0598 e. The predicted molar refractivity (Wildman–Crippen MR) is 81.0 cm³/mol. The Morgan fingerprint density at radius 1 is 1.21 bits per heavy atom. The van der Waals surface area contributed by atoms with Crippen molar-refractivity contribution in [3.05, 3.63) is 6.42 Å². The van der Waals surface area contributed by atoms with Gasteiger partial charge in [0.2, 0.25) is 0 Å². The first kappa shape index (κ1) is 16.5. The molecule has 1 rings (SSSR count). The predicted octanol–water partition coefficient (Wildman–Crippen LogP) is 2.04. The Labute approximate surface area is 119 Å². The minimum Gasteiger partial charge on any atom is -0.379 e.